The molecule has 0 radical (unpaired) electrons. The highest BCUT2D eigenvalue weighted by Crippen LogP contribution is 2.46. The molecule has 0 unspecified atom stereocenters. The van der Waals surface area contributed by atoms with E-state index < -0.39 is 0 Å². The van der Waals surface area contributed by atoms with E-state index in [0.717, 1.165) is 27.5 Å². The van der Waals surface area contributed by atoms with Crippen LogP contribution in [-0.4, -0.2) is 0 Å². The van der Waals surface area contributed by atoms with E-state index in [-0.39, 0.29) is 0 Å². The molecule has 59 heavy (non-hydrogen) atoms. The Kier molecular flexibility index (Phi) is 6.79. The van der Waals surface area contributed by atoms with E-state index in [1.807, 2.05) is 0 Å². The van der Waals surface area contributed by atoms with Crippen molar-refractivity contribution in [3.05, 3.63) is 206 Å². The first-order valence-electron chi connectivity index (χ1n) is 20.4. The van der Waals surface area contributed by atoms with Crippen molar-refractivity contribution >= 4 is 97.3 Å². The van der Waals surface area contributed by atoms with Crippen LogP contribution in [0.2, 0.25) is 0 Å². The lowest BCUT2D eigenvalue weighted by atomic mass is 9.85. The number of rotatable bonds is 3. The van der Waals surface area contributed by atoms with Crippen LogP contribution in [0.25, 0.3) is 131 Å². The molecule has 0 atom stereocenters. The largest absolute Gasteiger partial charge is 0.456 e. The second-order valence-corrected chi connectivity index (χ2v) is 15.9. The van der Waals surface area contributed by atoms with Crippen molar-refractivity contribution in [2.24, 2.45) is 0 Å². The maximum Gasteiger partial charge on any atom is 0.136 e. The second kappa shape index (κ2) is 12.4. The highest BCUT2D eigenvalue weighted by molar-refractivity contribution is 6.39. The molecule has 1 heterocycles. The van der Waals surface area contributed by atoms with Gasteiger partial charge in [0.25, 0.3) is 0 Å². The topological polar surface area (TPSA) is 13.1 Å². The van der Waals surface area contributed by atoms with Crippen LogP contribution in [0.3, 0.4) is 0 Å². The first-order chi connectivity index (χ1) is 29.2. The van der Waals surface area contributed by atoms with Crippen LogP contribution in [0.1, 0.15) is 0 Å². The molecule has 1 nitrogen and oxygen atoms in total. The van der Waals surface area contributed by atoms with Gasteiger partial charge in [0.15, 0.2) is 0 Å². The van der Waals surface area contributed by atoms with E-state index in [2.05, 4.69) is 206 Å². The molecule has 0 fully saturated rings. The fraction of sp³-hybridized carbons (Fsp3) is 0. The van der Waals surface area contributed by atoms with Crippen molar-refractivity contribution in [3.8, 4) is 33.4 Å². The van der Waals surface area contributed by atoms with E-state index in [1.54, 1.807) is 0 Å². The van der Waals surface area contributed by atoms with Gasteiger partial charge < -0.3 is 4.42 Å². The van der Waals surface area contributed by atoms with E-state index in [1.165, 1.54) is 103 Å². The van der Waals surface area contributed by atoms with Gasteiger partial charge in [0.2, 0.25) is 0 Å². The fourth-order valence-corrected chi connectivity index (χ4v) is 10.1. The van der Waals surface area contributed by atoms with Gasteiger partial charge in [-0.2, -0.15) is 0 Å². The van der Waals surface area contributed by atoms with Gasteiger partial charge in [0, 0.05) is 10.8 Å². The number of fused-ring (bicyclic) bond motifs is 16. The summed E-state index contributed by atoms with van der Waals surface area (Å²) in [6.45, 7) is 0. The fourth-order valence-electron chi connectivity index (χ4n) is 10.1. The lowest BCUT2D eigenvalue weighted by molar-refractivity contribution is 0.669. The Morgan fingerprint density at radius 3 is 1.29 bits per heavy atom. The Bertz CT molecular complexity index is 3890. The lowest BCUT2D eigenvalue weighted by Gasteiger charge is -2.18. The molecule has 12 aromatic carbocycles. The summed E-state index contributed by atoms with van der Waals surface area (Å²) < 4.78 is 6.51. The van der Waals surface area contributed by atoms with Gasteiger partial charge >= 0.3 is 0 Å². The van der Waals surface area contributed by atoms with Crippen LogP contribution in [-0.2, 0) is 0 Å². The van der Waals surface area contributed by atoms with Gasteiger partial charge in [-0.3, -0.25) is 0 Å². The summed E-state index contributed by atoms with van der Waals surface area (Å²) in [5.74, 6) is 0. The van der Waals surface area contributed by atoms with Crippen molar-refractivity contribution in [2.45, 2.75) is 0 Å². The maximum absolute atomic E-state index is 6.51. The SMILES string of the molecule is c1ccc(-c2ccc3c(c2)c2ccccc2c2c4ccc(-c5ccc(-c6ccc7c(c6)oc6cc8ccccc8cc67)c6ccccc56)cc4c4ccccc4c32)cc1. The molecule has 0 N–H and O–H groups in total. The van der Waals surface area contributed by atoms with Crippen molar-refractivity contribution in [1.29, 1.82) is 0 Å². The van der Waals surface area contributed by atoms with Crippen LogP contribution in [0.15, 0.2) is 211 Å². The minimum atomic E-state index is 0.909. The smallest absolute Gasteiger partial charge is 0.136 e. The molecule has 0 aliphatic rings. The number of hydrogen-bond acceptors (Lipinski definition) is 1. The lowest BCUT2D eigenvalue weighted by Crippen LogP contribution is -1.90. The van der Waals surface area contributed by atoms with E-state index in [9.17, 15) is 0 Å². The highest BCUT2D eigenvalue weighted by atomic mass is 16.3. The summed E-state index contributed by atoms with van der Waals surface area (Å²) in [6.07, 6.45) is 0. The third kappa shape index (κ3) is 4.79. The predicted octanol–water partition coefficient (Wildman–Crippen LogP) is 16.7. The molecule has 0 spiro atoms. The van der Waals surface area contributed by atoms with Crippen LogP contribution < -0.4 is 0 Å². The minimum absolute atomic E-state index is 0.909. The summed E-state index contributed by atoms with van der Waals surface area (Å²) in [5, 5.41) is 20.0. The molecular weight excluding hydrogens is 713 g/mol. The summed E-state index contributed by atoms with van der Waals surface area (Å²) >= 11 is 0. The van der Waals surface area contributed by atoms with Crippen LogP contribution >= 0.6 is 0 Å². The highest BCUT2D eigenvalue weighted by Gasteiger charge is 2.18. The molecule has 13 aromatic rings. The van der Waals surface area contributed by atoms with Gasteiger partial charge in [0.05, 0.1) is 0 Å². The molecule has 1 heteroatoms. The second-order valence-electron chi connectivity index (χ2n) is 15.9. The van der Waals surface area contributed by atoms with Gasteiger partial charge in [-0.15, -0.1) is 0 Å². The average molecular weight is 747 g/mol. The first kappa shape index (κ1) is 32.4. The maximum atomic E-state index is 6.51. The Morgan fingerprint density at radius 1 is 0.220 bits per heavy atom. The number of furan rings is 1. The Balaban J connectivity index is 1.01. The first-order valence-corrected chi connectivity index (χ1v) is 20.4. The molecule has 272 valence electrons. The molecule has 0 saturated heterocycles. The van der Waals surface area contributed by atoms with Crippen LogP contribution in [0, 0.1) is 0 Å². The normalized spacial score (nSPS) is 12.1. The Hall–Kier alpha value is -7.74. The third-order valence-corrected chi connectivity index (χ3v) is 12.8. The molecule has 0 aliphatic carbocycles. The molecule has 0 saturated carbocycles. The summed E-state index contributed by atoms with van der Waals surface area (Å²) in [6, 6.07) is 75.9. The zero-order valence-corrected chi connectivity index (χ0v) is 32.0. The molecule has 0 aliphatic heterocycles. The van der Waals surface area contributed by atoms with Crippen molar-refractivity contribution in [1.82, 2.24) is 0 Å². The van der Waals surface area contributed by atoms with Gasteiger partial charge in [-0.05, 0) is 145 Å². The van der Waals surface area contributed by atoms with Gasteiger partial charge in [-0.1, -0.05) is 170 Å². The van der Waals surface area contributed by atoms with E-state index >= 15 is 0 Å². The summed E-state index contributed by atoms with van der Waals surface area (Å²) in [7, 11) is 0. The quantitative estimate of drug-likeness (QED) is 0.164. The monoisotopic (exact) mass is 746 g/mol. The molecular formula is C58H34O. The van der Waals surface area contributed by atoms with Crippen molar-refractivity contribution < 1.29 is 4.42 Å². The van der Waals surface area contributed by atoms with Gasteiger partial charge in [-0.25, -0.2) is 0 Å². The number of benzene rings is 12. The van der Waals surface area contributed by atoms with Gasteiger partial charge in [0.1, 0.15) is 11.2 Å². The molecule has 0 amide bonds. The predicted molar refractivity (Wildman–Crippen MR) is 253 cm³/mol. The average Bonchev–Trinajstić information content (AvgIpc) is 3.66. The Morgan fingerprint density at radius 2 is 0.661 bits per heavy atom. The molecule has 1 aromatic heterocycles. The zero-order valence-electron chi connectivity index (χ0n) is 32.0. The summed E-state index contributed by atoms with van der Waals surface area (Å²) in [5.41, 5.74) is 9.08. The third-order valence-electron chi connectivity index (χ3n) is 12.8. The molecule has 0 bridgehead atoms. The van der Waals surface area contributed by atoms with E-state index in [0.29, 0.717) is 0 Å². The summed E-state index contributed by atoms with van der Waals surface area (Å²) in [4.78, 5) is 0. The van der Waals surface area contributed by atoms with E-state index in [4.69, 9.17) is 4.42 Å². The van der Waals surface area contributed by atoms with Crippen molar-refractivity contribution in [3.63, 3.8) is 0 Å². The Labute approximate surface area is 340 Å². The number of hydrogen-bond donors (Lipinski definition) is 0. The molecule has 13 rings (SSSR count). The van der Waals surface area contributed by atoms with Crippen LogP contribution in [0.4, 0.5) is 0 Å². The standard InChI is InChI=1S/C58H34O/c1-2-12-35(13-3-1)38-22-26-50-52(30-38)45-18-8-10-20-48(45)58-51-27-24-39(32-53(51)46-19-9-11-21-49(46)57(50)58)41-28-29-42(44-17-7-6-16-43(41)44)40-23-25-47-54-31-36-14-4-5-15-37(36)33-56(54)59-55(47)34-40/h1-34H. The van der Waals surface area contributed by atoms with Crippen LogP contribution in [0.5, 0.6) is 0 Å². The minimum Gasteiger partial charge on any atom is -0.456 e. The van der Waals surface area contributed by atoms with Crippen molar-refractivity contribution in [2.75, 3.05) is 0 Å². The zero-order chi connectivity index (χ0) is 38.6.